The molecule has 11 heteroatoms. The predicted molar refractivity (Wildman–Crippen MR) is 96.4 cm³/mol. The third-order valence-electron chi connectivity index (χ3n) is 4.46. The second-order valence-corrected chi connectivity index (χ2v) is 7.01. The van der Waals surface area contributed by atoms with Crippen molar-refractivity contribution in [1.29, 1.82) is 0 Å². The van der Waals surface area contributed by atoms with Gasteiger partial charge in [-0.15, -0.1) is 0 Å². The number of rotatable bonds is 4. The molecule has 0 unspecified atom stereocenters. The van der Waals surface area contributed by atoms with Crippen LogP contribution >= 0.6 is 0 Å². The van der Waals surface area contributed by atoms with Gasteiger partial charge >= 0.3 is 11.9 Å². The van der Waals surface area contributed by atoms with Crippen molar-refractivity contribution < 1.29 is 22.8 Å². The van der Waals surface area contributed by atoms with E-state index in [4.69, 9.17) is 0 Å². The van der Waals surface area contributed by atoms with E-state index in [1.807, 2.05) is 10.3 Å². The number of nitrogens with one attached hydrogen (secondary N) is 3. The van der Waals surface area contributed by atoms with Gasteiger partial charge in [0.15, 0.2) is 0 Å². The van der Waals surface area contributed by atoms with Crippen molar-refractivity contribution in [2.75, 3.05) is 5.32 Å². The van der Waals surface area contributed by atoms with E-state index in [0.717, 1.165) is 4.57 Å². The molecule has 1 aliphatic heterocycles. The van der Waals surface area contributed by atoms with Gasteiger partial charge in [0.1, 0.15) is 11.4 Å². The first-order chi connectivity index (χ1) is 13.5. The molecule has 1 atom stereocenters. The molecule has 0 spiro atoms. The Morgan fingerprint density at radius 3 is 2.34 bits per heavy atom. The third kappa shape index (κ3) is 3.22. The molecule has 2 amide bonds. The van der Waals surface area contributed by atoms with Crippen LogP contribution in [-0.2, 0) is 16.9 Å². The molecular weight excluding hydrogens is 393 g/mol. The maximum atomic E-state index is 14.2. The maximum Gasteiger partial charge on any atom is 0.425 e. The van der Waals surface area contributed by atoms with Gasteiger partial charge in [0.05, 0.1) is 0 Å². The van der Waals surface area contributed by atoms with Gasteiger partial charge < -0.3 is 10.6 Å². The van der Waals surface area contributed by atoms with Crippen LogP contribution in [0.4, 0.5) is 19.0 Å². The average Bonchev–Trinajstić information content (AvgIpc) is 2.93. The molecule has 0 fully saturated rings. The number of carbonyl (C=O) groups is 2. The molecule has 3 rings (SSSR count). The summed E-state index contributed by atoms with van der Waals surface area (Å²) >= 11 is 0. The zero-order valence-electron chi connectivity index (χ0n) is 15.4. The number of carbonyl (C=O) groups excluding carboxylic acids is 2. The minimum atomic E-state index is -5.36. The molecule has 2 heterocycles. The van der Waals surface area contributed by atoms with Gasteiger partial charge in [-0.05, 0) is 18.1 Å². The Morgan fingerprint density at radius 2 is 1.79 bits per heavy atom. The summed E-state index contributed by atoms with van der Waals surface area (Å²) < 4.78 is 43.4. The Balaban J connectivity index is 2.26. The summed E-state index contributed by atoms with van der Waals surface area (Å²) in [5, 5.41) is 3.66. The second kappa shape index (κ2) is 6.90. The van der Waals surface area contributed by atoms with Crippen LogP contribution in [0.5, 0.6) is 0 Å². The summed E-state index contributed by atoms with van der Waals surface area (Å²) in [5.41, 5.74) is -7.22. The summed E-state index contributed by atoms with van der Waals surface area (Å²) in [6.45, 7) is 3.35. The zero-order chi connectivity index (χ0) is 21.6. The van der Waals surface area contributed by atoms with E-state index in [0.29, 0.717) is 0 Å². The maximum absolute atomic E-state index is 14.2. The molecule has 29 heavy (non-hydrogen) atoms. The molecule has 1 aromatic carbocycles. The molecule has 154 valence electrons. The first kappa shape index (κ1) is 20.4. The van der Waals surface area contributed by atoms with Gasteiger partial charge in [-0.1, -0.05) is 32.0 Å². The molecule has 1 aliphatic rings. The van der Waals surface area contributed by atoms with Gasteiger partial charge in [-0.2, -0.15) is 13.2 Å². The highest BCUT2D eigenvalue weighted by Gasteiger charge is 2.68. The lowest BCUT2D eigenvalue weighted by Crippen LogP contribution is -2.62. The molecule has 0 bridgehead atoms. The Bertz CT molecular complexity index is 1090. The summed E-state index contributed by atoms with van der Waals surface area (Å²) in [6.07, 6.45) is -5.36. The number of hydrogen-bond acceptors (Lipinski definition) is 4. The smallest absolute Gasteiger partial charge is 0.326 e. The van der Waals surface area contributed by atoms with E-state index in [2.05, 4.69) is 0 Å². The molecular formula is C18H17F3N4O4. The molecule has 2 aromatic rings. The number of aromatic nitrogens is 2. The quantitative estimate of drug-likeness (QED) is 0.706. The highest BCUT2D eigenvalue weighted by atomic mass is 19.4. The number of fused-ring (bicyclic) bond motifs is 1. The summed E-state index contributed by atoms with van der Waals surface area (Å²) in [4.78, 5) is 51.4. The molecule has 0 radical (unpaired) electrons. The lowest BCUT2D eigenvalue weighted by Gasteiger charge is -2.30. The summed E-state index contributed by atoms with van der Waals surface area (Å²) in [5.74, 6) is -3.63. The third-order valence-corrected chi connectivity index (χ3v) is 4.46. The van der Waals surface area contributed by atoms with Crippen LogP contribution in [0.3, 0.4) is 0 Å². The van der Waals surface area contributed by atoms with Crippen molar-refractivity contribution in [2.24, 2.45) is 5.92 Å². The minimum absolute atomic E-state index is 0.0568. The normalized spacial score (nSPS) is 18.5. The van der Waals surface area contributed by atoms with Crippen molar-refractivity contribution in [3.8, 4) is 0 Å². The Labute approximate surface area is 161 Å². The average molecular weight is 410 g/mol. The standard InChI is InChI=1S/C18H17F3N4O4/c1-9(2)8-25-12-11(14(27)23-16(25)29)17(15(28)22-12,18(19,20)21)24-13(26)10-6-4-3-5-7-10/h3-7,9H,8H2,1-2H3,(H,22,28)(H,24,26)(H,23,27,29)/t17-/m0/s1. The van der Waals surface area contributed by atoms with Gasteiger partial charge in [0.25, 0.3) is 22.9 Å². The molecule has 1 aromatic heterocycles. The highest BCUT2D eigenvalue weighted by Crippen LogP contribution is 2.45. The molecule has 3 N–H and O–H groups in total. The van der Waals surface area contributed by atoms with Crippen molar-refractivity contribution in [3.63, 3.8) is 0 Å². The monoisotopic (exact) mass is 410 g/mol. The van der Waals surface area contributed by atoms with Gasteiger partial charge in [0, 0.05) is 12.1 Å². The zero-order valence-corrected chi connectivity index (χ0v) is 15.4. The Hall–Kier alpha value is -3.37. The van der Waals surface area contributed by atoms with Crippen molar-refractivity contribution in [1.82, 2.24) is 14.9 Å². The lowest BCUT2D eigenvalue weighted by molar-refractivity contribution is -0.196. The lowest BCUT2D eigenvalue weighted by atomic mass is 9.91. The van der Waals surface area contributed by atoms with Crippen LogP contribution in [-0.4, -0.2) is 27.5 Å². The van der Waals surface area contributed by atoms with E-state index < -0.39 is 46.2 Å². The van der Waals surface area contributed by atoms with Gasteiger partial charge in [0.2, 0.25) is 0 Å². The largest absolute Gasteiger partial charge is 0.425 e. The fourth-order valence-electron chi connectivity index (χ4n) is 3.20. The minimum Gasteiger partial charge on any atom is -0.326 e. The van der Waals surface area contributed by atoms with Crippen molar-refractivity contribution in [2.45, 2.75) is 32.1 Å². The van der Waals surface area contributed by atoms with E-state index >= 15 is 0 Å². The number of halogens is 3. The SMILES string of the molecule is CC(C)Cn1c2c(c(=O)[nH]c1=O)[C@@](NC(=O)c1ccccc1)(C(F)(F)F)C(=O)N2. The molecule has 8 nitrogen and oxygen atoms in total. The number of benzene rings is 1. The van der Waals surface area contributed by atoms with Crippen LogP contribution in [0.15, 0.2) is 39.9 Å². The van der Waals surface area contributed by atoms with E-state index in [1.165, 1.54) is 24.3 Å². The van der Waals surface area contributed by atoms with E-state index in [-0.39, 0.29) is 18.0 Å². The molecule has 0 saturated heterocycles. The first-order valence-corrected chi connectivity index (χ1v) is 8.62. The Morgan fingerprint density at radius 1 is 1.17 bits per heavy atom. The number of amides is 2. The van der Waals surface area contributed by atoms with Crippen LogP contribution < -0.4 is 21.9 Å². The summed E-state index contributed by atoms with van der Waals surface area (Å²) in [6, 6.07) is 6.95. The number of anilines is 1. The van der Waals surface area contributed by atoms with Gasteiger partial charge in [-0.3, -0.25) is 23.9 Å². The topological polar surface area (TPSA) is 113 Å². The van der Waals surface area contributed by atoms with Crippen LogP contribution in [0.1, 0.15) is 29.8 Å². The predicted octanol–water partition coefficient (Wildman–Crippen LogP) is 1.33. The van der Waals surface area contributed by atoms with E-state index in [9.17, 15) is 32.3 Å². The van der Waals surface area contributed by atoms with Gasteiger partial charge in [-0.25, -0.2) is 4.79 Å². The number of aromatic amines is 1. The second-order valence-electron chi connectivity index (χ2n) is 7.01. The number of alkyl halides is 3. The fraction of sp³-hybridized carbons (Fsp3) is 0.333. The number of nitrogens with zero attached hydrogens (tertiary/aromatic N) is 1. The molecule has 0 aliphatic carbocycles. The van der Waals surface area contributed by atoms with Crippen molar-refractivity contribution >= 4 is 17.6 Å². The van der Waals surface area contributed by atoms with Crippen LogP contribution in [0.2, 0.25) is 0 Å². The van der Waals surface area contributed by atoms with Crippen LogP contribution in [0, 0.1) is 5.92 Å². The number of hydrogen-bond donors (Lipinski definition) is 3. The van der Waals surface area contributed by atoms with Crippen molar-refractivity contribution in [3.05, 3.63) is 62.3 Å². The van der Waals surface area contributed by atoms with E-state index in [1.54, 1.807) is 25.2 Å². The number of H-pyrrole nitrogens is 1. The highest BCUT2D eigenvalue weighted by molar-refractivity contribution is 6.09. The summed E-state index contributed by atoms with van der Waals surface area (Å²) in [7, 11) is 0. The fourth-order valence-corrected chi connectivity index (χ4v) is 3.20. The molecule has 0 saturated carbocycles. The Kier molecular flexibility index (Phi) is 4.85. The first-order valence-electron chi connectivity index (χ1n) is 8.62. The van der Waals surface area contributed by atoms with Crippen LogP contribution in [0.25, 0.3) is 0 Å².